The van der Waals surface area contributed by atoms with Gasteiger partial charge in [-0.05, 0) is 65.1 Å². The first kappa shape index (κ1) is 16.0. The summed E-state index contributed by atoms with van der Waals surface area (Å²) < 4.78 is 40.5. The number of nitrogens with one attached hydrogen (secondary N) is 1. The Labute approximate surface area is 130 Å². The third-order valence-corrected chi connectivity index (χ3v) is 3.98. The molecule has 0 saturated carbocycles. The van der Waals surface area contributed by atoms with Crippen molar-refractivity contribution in [3.63, 3.8) is 0 Å². The van der Waals surface area contributed by atoms with Crippen LogP contribution in [0.3, 0.4) is 0 Å². The van der Waals surface area contributed by atoms with Crippen molar-refractivity contribution in [1.82, 2.24) is 5.32 Å². The normalized spacial score (nSPS) is 12.4. The summed E-state index contributed by atoms with van der Waals surface area (Å²) in [6.07, 6.45) is 0.945. The van der Waals surface area contributed by atoms with Crippen LogP contribution in [0, 0.1) is 17.5 Å². The van der Waals surface area contributed by atoms with Crippen LogP contribution >= 0.6 is 15.9 Å². The van der Waals surface area contributed by atoms with Crippen LogP contribution in [-0.2, 0) is 12.8 Å². The molecule has 1 unspecified atom stereocenters. The molecular formula is C16H15BrF3N. The highest BCUT2D eigenvalue weighted by Crippen LogP contribution is 2.19. The Hall–Kier alpha value is -1.33. The molecule has 0 saturated heterocycles. The minimum atomic E-state index is -0.841. The van der Waals surface area contributed by atoms with E-state index in [1.165, 1.54) is 12.1 Å². The predicted molar refractivity (Wildman–Crippen MR) is 80.7 cm³/mol. The number of benzene rings is 2. The third kappa shape index (κ3) is 4.08. The summed E-state index contributed by atoms with van der Waals surface area (Å²) >= 11 is 3.14. The summed E-state index contributed by atoms with van der Waals surface area (Å²) in [7, 11) is 1.76. The number of halogens is 4. The van der Waals surface area contributed by atoms with E-state index in [9.17, 15) is 13.2 Å². The number of likely N-dealkylation sites (N-methyl/N-ethyl adjacent to an activating group) is 1. The van der Waals surface area contributed by atoms with E-state index in [4.69, 9.17) is 0 Å². The molecule has 0 aliphatic heterocycles. The van der Waals surface area contributed by atoms with Crippen molar-refractivity contribution in [3.05, 3.63) is 69.4 Å². The van der Waals surface area contributed by atoms with E-state index in [1.54, 1.807) is 25.2 Å². The second-order valence-electron chi connectivity index (χ2n) is 4.86. The summed E-state index contributed by atoms with van der Waals surface area (Å²) in [5.41, 5.74) is 1.25. The van der Waals surface area contributed by atoms with Gasteiger partial charge in [-0.2, -0.15) is 0 Å². The monoisotopic (exact) mass is 357 g/mol. The molecule has 0 radical (unpaired) electrons. The Morgan fingerprint density at radius 1 is 1.05 bits per heavy atom. The summed E-state index contributed by atoms with van der Waals surface area (Å²) in [6.45, 7) is 0. The fourth-order valence-electron chi connectivity index (χ4n) is 2.20. The van der Waals surface area contributed by atoms with Crippen molar-refractivity contribution < 1.29 is 13.2 Å². The quantitative estimate of drug-likeness (QED) is 0.843. The van der Waals surface area contributed by atoms with Crippen molar-refractivity contribution in [2.45, 2.75) is 18.9 Å². The van der Waals surface area contributed by atoms with Crippen molar-refractivity contribution in [3.8, 4) is 0 Å². The zero-order valence-corrected chi connectivity index (χ0v) is 13.1. The van der Waals surface area contributed by atoms with E-state index in [0.717, 1.165) is 11.6 Å². The van der Waals surface area contributed by atoms with Crippen LogP contribution in [0.4, 0.5) is 13.2 Å². The van der Waals surface area contributed by atoms with Crippen LogP contribution in [0.15, 0.2) is 40.9 Å². The first-order chi connectivity index (χ1) is 10.0. The SMILES string of the molecule is CNC(Cc1ccc(F)c(Br)c1)Cc1cccc(F)c1F. The van der Waals surface area contributed by atoms with Gasteiger partial charge in [-0.1, -0.05) is 18.2 Å². The van der Waals surface area contributed by atoms with E-state index < -0.39 is 11.6 Å². The van der Waals surface area contributed by atoms with Crippen molar-refractivity contribution in [2.75, 3.05) is 7.05 Å². The lowest BCUT2D eigenvalue weighted by Crippen LogP contribution is -2.30. The molecular weight excluding hydrogens is 343 g/mol. The van der Waals surface area contributed by atoms with Crippen LogP contribution in [-0.4, -0.2) is 13.1 Å². The number of rotatable bonds is 5. The average Bonchev–Trinajstić information content (AvgIpc) is 2.47. The zero-order chi connectivity index (χ0) is 15.4. The van der Waals surface area contributed by atoms with Gasteiger partial charge in [0.1, 0.15) is 5.82 Å². The van der Waals surface area contributed by atoms with Gasteiger partial charge in [0.15, 0.2) is 11.6 Å². The van der Waals surface area contributed by atoms with Crippen molar-refractivity contribution >= 4 is 15.9 Å². The van der Waals surface area contributed by atoms with Gasteiger partial charge in [0, 0.05) is 6.04 Å². The maximum Gasteiger partial charge on any atom is 0.162 e. The van der Waals surface area contributed by atoms with E-state index in [2.05, 4.69) is 21.2 Å². The third-order valence-electron chi connectivity index (χ3n) is 3.37. The molecule has 1 nitrogen and oxygen atoms in total. The van der Waals surface area contributed by atoms with E-state index >= 15 is 0 Å². The summed E-state index contributed by atoms with van der Waals surface area (Å²) in [5, 5.41) is 3.08. The maximum absolute atomic E-state index is 13.7. The second-order valence-corrected chi connectivity index (χ2v) is 5.71. The molecule has 0 aliphatic carbocycles. The molecule has 1 atom stereocenters. The Morgan fingerprint density at radius 2 is 1.81 bits per heavy atom. The van der Waals surface area contributed by atoms with Gasteiger partial charge < -0.3 is 5.32 Å². The smallest absolute Gasteiger partial charge is 0.162 e. The fraction of sp³-hybridized carbons (Fsp3) is 0.250. The van der Waals surface area contributed by atoms with Gasteiger partial charge in [-0.15, -0.1) is 0 Å². The predicted octanol–water partition coefficient (Wildman–Crippen LogP) is 4.24. The minimum absolute atomic E-state index is 0.0707. The number of hydrogen-bond acceptors (Lipinski definition) is 1. The highest BCUT2D eigenvalue weighted by Gasteiger charge is 2.14. The molecule has 0 heterocycles. The van der Waals surface area contributed by atoms with Crippen molar-refractivity contribution in [2.24, 2.45) is 0 Å². The lowest BCUT2D eigenvalue weighted by Gasteiger charge is -2.17. The molecule has 0 fully saturated rings. The summed E-state index contributed by atoms with van der Waals surface area (Å²) in [6, 6.07) is 8.87. The fourth-order valence-corrected chi connectivity index (χ4v) is 2.63. The molecule has 0 amide bonds. The van der Waals surface area contributed by atoms with Gasteiger partial charge in [-0.25, -0.2) is 13.2 Å². The lowest BCUT2D eigenvalue weighted by atomic mass is 9.98. The van der Waals surface area contributed by atoms with Gasteiger partial charge >= 0.3 is 0 Å². The molecule has 0 aromatic heterocycles. The van der Waals surface area contributed by atoms with Gasteiger partial charge in [0.2, 0.25) is 0 Å². The van der Waals surface area contributed by atoms with E-state index in [-0.39, 0.29) is 11.9 Å². The Bertz CT molecular complexity index is 631. The molecule has 0 aliphatic rings. The summed E-state index contributed by atoms with van der Waals surface area (Å²) in [4.78, 5) is 0. The van der Waals surface area contributed by atoms with Crippen LogP contribution in [0.5, 0.6) is 0 Å². The Balaban J connectivity index is 2.13. The molecule has 112 valence electrons. The summed E-state index contributed by atoms with van der Waals surface area (Å²) in [5.74, 6) is -1.97. The van der Waals surface area contributed by atoms with Crippen LogP contribution in [0.25, 0.3) is 0 Å². The standard InChI is InChI=1S/C16H15BrF3N/c1-21-12(7-10-5-6-14(18)13(17)8-10)9-11-3-2-4-15(19)16(11)20/h2-6,8,12,21H,7,9H2,1H3. The molecule has 21 heavy (non-hydrogen) atoms. The largest absolute Gasteiger partial charge is 0.316 e. The van der Waals surface area contributed by atoms with Crippen LogP contribution in [0.1, 0.15) is 11.1 Å². The minimum Gasteiger partial charge on any atom is -0.316 e. The van der Waals surface area contributed by atoms with Crippen molar-refractivity contribution in [1.29, 1.82) is 0 Å². The Kier molecular flexibility index (Phi) is 5.42. The zero-order valence-electron chi connectivity index (χ0n) is 11.5. The van der Waals surface area contributed by atoms with Gasteiger partial charge in [0.25, 0.3) is 0 Å². The molecule has 5 heteroatoms. The maximum atomic E-state index is 13.7. The molecule has 0 bridgehead atoms. The average molecular weight is 358 g/mol. The second kappa shape index (κ2) is 7.09. The van der Waals surface area contributed by atoms with E-state index in [1.807, 2.05) is 0 Å². The highest BCUT2D eigenvalue weighted by atomic mass is 79.9. The number of hydrogen-bond donors (Lipinski definition) is 1. The molecule has 2 rings (SSSR count). The van der Waals surface area contributed by atoms with Crippen LogP contribution < -0.4 is 5.32 Å². The Morgan fingerprint density at radius 3 is 2.48 bits per heavy atom. The lowest BCUT2D eigenvalue weighted by molar-refractivity contribution is 0.482. The van der Waals surface area contributed by atoms with Gasteiger partial charge in [-0.3, -0.25) is 0 Å². The first-order valence-electron chi connectivity index (χ1n) is 6.55. The van der Waals surface area contributed by atoms with E-state index in [0.29, 0.717) is 22.9 Å². The molecule has 1 N–H and O–H groups in total. The topological polar surface area (TPSA) is 12.0 Å². The first-order valence-corrected chi connectivity index (χ1v) is 7.34. The highest BCUT2D eigenvalue weighted by molar-refractivity contribution is 9.10. The van der Waals surface area contributed by atoms with Gasteiger partial charge in [0.05, 0.1) is 4.47 Å². The van der Waals surface area contributed by atoms with Crippen LogP contribution in [0.2, 0.25) is 0 Å². The molecule has 2 aromatic rings. The molecule has 2 aromatic carbocycles. The molecule has 0 spiro atoms.